The van der Waals surface area contributed by atoms with Gasteiger partial charge in [0.05, 0.1) is 16.8 Å². The number of carbonyl (C=O) groups excluding carboxylic acids is 2. The maximum absolute atomic E-state index is 12.2. The first-order valence-electron chi connectivity index (χ1n) is 8.49. The number of hydrogen-bond donors (Lipinski definition) is 1. The molecular formula is C20H21ClN2O3. The molecule has 1 N–H and O–H groups in total. The van der Waals surface area contributed by atoms with Crippen LogP contribution in [0.25, 0.3) is 0 Å². The van der Waals surface area contributed by atoms with Crippen LogP contribution in [0.5, 0.6) is 5.75 Å². The lowest BCUT2D eigenvalue weighted by atomic mass is 10.2. The number of hydrazone groups is 1. The third-order valence-electron chi connectivity index (χ3n) is 3.57. The molecule has 0 aliphatic heterocycles. The second-order valence-corrected chi connectivity index (χ2v) is 6.10. The van der Waals surface area contributed by atoms with Crippen LogP contribution in [0.4, 0.5) is 0 Å². The molecule has 6 heteroatoms. The highest BCUT2D eigenvalue weighted by Gasteiger charge is 2.12. The molecule has 0 atom stereocenters. The standard InChI is InChI=1S/C20H21ClN2O3/c1-2-3-4-12-19(24)23-22-14-15-8-7-9-16(13-15)26-20(25)17-10-5-6-11-18(17)21/h5-11,13-14H,2-4,12H2,1H3,(H,23,24)/b22-14+. The number of hydrogen-bond acceptors (Lipinski definition) is 4. The molecule has 0 radical (unpaired) electrons. The molecule has 0 unspecified atom stereocenters. The number of esters is 1. The van der Waals surface area contributed by atoms with Crippen LogP contribution < -0.4 is 10.2 Å². The number of ether oxygens (including phenoxy) is 1. The van der Waals surface area contributed by atoms with Crippen LogP contribution in [-0.4, -0.2) is 18.1 Å². The van der Waals surface area contributed by atoms with Gasteiger partial charge in [0.1, 0.15) is 5.75 Å². The zero-order chi connectivity index (χ0) is 18.8. The van der Waals surface area contributed by atoms with Gasteiger partial charge in [-0.1, -0.05) is 55.6 Å². The van der Waals surface area contributed by atoms with Crippen molar-refractivity contribution in [2.24, 2.45) is 5.10 Å². The Kier molecular flexibility index (Phi) is 7.83. The molecular weight excluding hydrogens is 352 g/mol. The summed E-state index contributed by atoms with van der Waals surface area (Å²) in [5.41, 5.74) is 3.49. The third kappa shape index (κ3) is 6.33. The predicted molar refractivity (Wildman–Crippen MR) is 103 cm³/mol. The summed E-state index contributed by atoms with van der Waals surface area (Å²) < 4.78 is 5.34. The Balaban J connectivity index is 1.93. The van der Waals surface area contributed by atoms with Gasteiger partial charge in [0.2, 0.25) is 5.91 Å². The van der Waals surface area contributed by atoms with E-state index in [0.717, 1.165) is 19.3 Å². The number of amides is 1. The number of benzene rings is 2. The van der Waals surface area contributed by atoms with E-state index in [9.17, 15) is 9.59 Å². The fourth-order valence-electron chi connectivity index (χ4n) is 2.22. The van der Waals surface area contributed by atoms with E-state index in [-0.39, 0.29) is 5.91 Å². The topological polar surface area (TPSA) is 67.8 Å². The van der Waals surface area contributed by atoms with Crippen LogP contribution in [0, 0.1) is 0 Å². The molecule has 0 aliphatic rings. The number of nitrogens with one attached hydrogen (secondary N) is 1. The van der Waals surface area contributed by atoms with Crippen LogP contribution in [-0.2, 0) is 4.79 Å². The van der Waals surface area contributed by atoms with E-state index in [4.69, 9.17) is 16.3 Å². The molecule has 136 valence electrons. The summed E-state index contributed by atoms with van der Waals surface area (Å²) in [4.78, 5) is 23.8. The van der Waals surface area contributed by atoms with Gasteiger partial charge >= 0.3 is 5.97 Å². The Morgan fingerprint density at radius 2 is 1.96 bits per heavy atom. The van der Waals surface area contributed by atoms with Gasteiger partial charge in [0, 0.05) is 6.42 Å². The van der Waals surface area contributed by atoms with Crippen molar-refractivity contribution >= 4 is 29.7 Å². The fourth-order valence-corrected chi connectivity index (χ4v) is 2.43. The van der Waals surface area contributed by atoms with Crippen molar-refractivity contribution in [3.8, 4) is 5.75 Å². The van der Waals surface area contributed by atoms with E-state index in [1.165, 1.54) is 6.21 Å². The lowest BCUT2D eigenvalue weighted by Crippen LogP contribution is -2.16. The van der Waals surface area contributed by atoms with Crippen LogP contribution in [0.3, 0.4) is 0 Å². The number of unbranched alkanes of at least 4 members (excludes halogenated alkanes) is 2. The molecule has 2 rings (SSSR count). The monoisotopic (exact) mass is 372 g/mol. The molecule has 0 saturated carbocycles. The Bertz CT molecular complexity index is 790. The molecule has 1 amide bonds. The summed E-state index contributed by atoms with van der Waals surface area (Å²) in [6, 6.07) is 13.5. The zero-order valence-corrected chi connectivity index (χ0v) is 15.3. The second-order valence-electron chi connectivity index (χ2n) is 5.69. The van der Waals surface area contributed by atoms with Crippen molar-refractivity contribution in [1.29, 1.82) is 0 Å². The minimum Gasteiger partial charge on any atom is -0.423 e. The van der Waals surface area contributed by atoms with Gasteiger partial charge in [-0.25, -0.2) is 10.2 Å². The van der Waals surface area contributed by atoms with Crippen molar-refractivity contribution in [3.05, 3.63) is 64.7 Å². The van der Waals surface area contributed by atoms with E-state index in [1.807, 2.05) is 0 Å². The first-order valence-corrected chi connectivity index (χ1v) is 8.86. The van der Waals surface area contributed by atoms with Crippen molar-refractivity contribution in [3.63, 3.8) is 0 Å². The van der Waals surface area contributed by atoms with E-state index >= 15 is 0 Å². The second kappa shape index (κ2) is 10.4. The Morgan fingerprint density at radius 1 is 1.15 bits per heavy atom. The average molecular weight is 373 g/mol. The van der Waals surface area contributed by atoms with Crippen molar-refractivity contribution in [2.75, 3.05) is 0 Å². The summed E-state index contributed by atoms with van der Waals surface area (Å²) in [6.07, 6.45) is 4.91. The predicted octanol–water partition coefficient (Wildman–Crippen LogP) is 4.59. The number of nitrogens with zero attached hydrogens (tertiary/aromatic N) is 1. The first kappa shape index (κ1) is 19.7. The smallest absolute Gasteiger partial charge is 0.345 e. The van der Waals surface area contributed by atoms with Gasteiger partial charge in [0.15, 0.2) is 0 Å². The Morgan fingerprint density at radius 3 is 2.73 bits per heavy atom. The zero-order valence-electron chi connectivity index (χ0n) is 14.6. The third-order valence-corrected chi connectivity index (χ3v) is 3.90. The van der Waals surface area contributed by atoms with Crippen molar-refractivity contribution < 1.29 is 14.3 Å². The Labute approximate surface area is 158 Å². The number of halogens is 1. The van der Waals surface area contributed by atoms with Gasteiger partial charge in [-0.05, 0) is 36.2 Å². The molecule has 5 nitrogen and oxygen atoms in total. The van der Waals surface area contributed by atoms with E-state index in [2.05, 4.69) is 17.5 Å². The summed E-state index contributed by atoms with van der Waals surface area (Å²) in [6.45, 7) is 2.08. The first-order chi connectivity index (χ1) is 12.6. The summed E-state index contributed by atoms with van der Waals surface area (Å²) in [5.74, 6) is -0.280. The minimum atomic E-state index is -0.533. The molecule has 26 heavy (non-hydrogen) atoms. The highest BCUT2D eigenvalue weighted by Crippen LogP contribution is 2.19. The number of carbonyl (C=O) groups is 2. The fraction of sp³-hybridized carbons (Fsp3) is 0.250. The molecule has 0 spiro atoms. The van der Waals surface area contributed by atoms with Gasteiger partial charge in [-0.2, -0.15) is 5.10 Å². The average Bonchev–Trinajstić information content (AvgIpc) is 2.62. The highest BCUT2D eigenvalue weighted by atomic mass is 35.5. The van der Waals surface area contributed by atoms with E-state index < -0.39 is 5.97 Å². The van der Waals surface area contributed by atoms with Crippen molar-refractivity contribution in [1.82, 2.24) is 5.43 Å². The van der Waals surface area contributed by atoms with E-state index in [1.54, 1.807) is 48.5 Å². The molecule has 2 aromatic rings. The largest absolute Gasteiger partial charge is 0.423 e. The maximum atomic E-state index is 12.2. The number of rotatable bonds is 8. The molecule has 2 aromatic carbocycles. The summed E-state index contributed by atoms with van der Waals surface area (Å²) in [7, 11) is 0. The van der Waals surface area contributed by atoms with Gasteiger partial charge < -0.3 is 4.74 Å². The molecule has 0 saturated heterocycles. The lowest BCUT2D eigenvalue weighted by molar-refractivity contribution is -0.121. The lowest BCUT2D eigenvalue weighted by Gasteiger charge is -2.06. The maximum Gasteiger partial charge on any atom is 0.345 e. The quantitative estimate of drug-likeness (QED) is 0.242. The van der Waals surface area contributed by atoms with Gasteiger partial charge in [-0.3, -0.25) is 4.79 Å². The van der Waals surface area contributed by atoms with Gasteiger partial charge in [0.25, 0.3) is 0 Å². The minimum absolute atomic E-state index is 0.115. The molecule has 0 aromatic heterocycles. The molecule has 0 aliphatic carbocycles. The van der Waals surface area contributed by atoms with E-state index in [0.29, 0.717) is 28.3 Å². The van der Waals surface area contributed by atoms with Crippen molar-refractivity contribution in [2.45, 2.75) is 32.6 Å². The van der Waals surface area contributed by atoms with Crippen LogP contribution in [0.15, 0.2) is 53.6 Å². The molecule has 0 heterocycles. The molecule has 0 bridgehead atoms. The van der Waals surface area contributed by atoms with Crippen LogP contribution in [0.2, 0.25) is 5.02 Å². The Hall–Kier alpha value is -2.66. The molecule has 0 fully saturated rings. The van der Waals surface area contributed by atoms with Crippen LogP contribution >= 0.6 is 11.6 Å². The summed E-state index contributed by atoms with van der Waals surface area (Å²) in [5, 5.41) is 4.26. The van der Waals surface area contributed by atoms with Gasteiger partial charge in [-0.15, -0.1) is 0 Å². The summed E-state index contributed by atoms with van der Waals surface area (Å²) >= 11 is 6.00. The van der Waals surface area contributed by atoms with Crippen LogP contribution in [0.1, 0.15) is 48.5 Å². The SMILES string of the molecule is CCCCCC(=O)N/N=C/c1cccc(OC(=O)c2ccccc2Cl)c1. The highest BCUT2D eigenvalue weighted by molar-refractivity contribution is 6.33. The normalized spacial score (nSPS) is 10.7.